The number of amides is 1. The Kier molecular flexibility index (Phi) is 2.48. The second-order valence-electron chi connectivity index (χ2n) is 4.36. The number of hydrogen-bond donors (Lipinski definition) is 2. The summed E-state index contributed by atoms with van der Waals surface area (Å²) in [5.74, 6) is 0.538. The summed E-state index contributed by atoms with van der Waals surface area (Å²) in [6.07, 6.45) is 1.46. The summed E-state index contributed by atoms with van der Waals surface area (Å²) in [5.41, 5.74) is 2.77. The first kappa shape index (κ1) is 10.8. The second kappa shape index (κ2) is 4.14. The van der Waals surface area contributed by atoms with E-state index in [9.17, 15) is 4.79 Å². The molecule has 1 aromatic carbocycles. The van der Waals surface area contributed by atoms with Crippen molar-refractivity contribution in [2.45, 2.75) is 13.1 Å². The molecule has 2 N–H and O–H groups in total. The Balaban J connectivity index is 1.97. The first-order valence-corrected chi connectivity index (χ1v) is 5.83. The predicted octanol–water partition coefficient (Wildman–Crippen LogP) is 2.24. The second-order valence-corrected chi connectivity index (χ2v) is 4.36. The summed E-state index contributed by atoms with van der Waals surface area (Å²) in [5, 5.41) is 6.15. The number of pyridine rings is 1. The molecule has 2 heterocycles. The average molecular weight is 239 g/mol. The lowest BCUT2D eigenvalue weighted by Gasteiger charge is -2.27. The third kappa shape index (κ3) is 1.82. The highest BCUT2D eigenvalue weighted by Gasteiger charge is 2.24. The first-order valence-electron chi connectivity index (χ1n) is 5.83. The van der Waals surface area contributed by atoms with Crippen molar-refractivity contribution in [2.75, 3.05) is 5.32 Å². The summed E-state index contributed by atoms with van der Waals surface area (Å²) in [4.78, 5) is 16.2. The molecule has 0 saturated heterocycles. The van der Waals surface area contributed by atoms with E-state index in [2.05, 4.69) is 15.6 Å². The minimum atomic E-state index is -0.222. The van der Waals surface area contributed by atoms with Crippen molar-refractivity contribution < 1.29 is 4.79 Å². The van der Waals surface area contributed by atoms with Gasteiger partial charge in [0.05, 0.1) is 5.56 Å². The third-order valence-electron chi connectivity index (χ3n) is 2.98. The van der Waals surface area contributed by atoms with E-state index in [-0.39, 0.29) is 12.1 Å². The number of nitrogens with one attached hydrogen (secondary N) is 2. The molecule has 4 heteroatoms. The molecule has 3 rings (SSSR count). The summed E-state index contributed by atoms with van der Waals surface area (Å²) in [6.45, 7) is 2.03. The third-order valence-corrected chi connectivity index (χ3v) is 2.98. The van der Waals surface area contributed by atoms with Crippen molar-refractivity contribution in [3.8, 4) is 0 Å². The van der Waals surface area contributed by atoms with Crippen LogP contribution in [0, 0.1) is 6.92 Å². The zero-order chi connectivity index (χ0) is 12.5. The Morgan fingerprint density at radius 2 is 2.06 bits per heavy atom. The fourth-order valence-electron chi connectivity index (χ4n) is 2.10. The van der Waals surface area contributed by atoms with Crippen LogP contribution >= 0.6 is 0 Å². The number of nitrogens with zero attached hydrogens (tertiary/aromatic N) is 1. The number of carbonyl (C=O) groups excluding carboxylic acids is 1. The summed E-state index contributed by atoms with van der Waals surface area (Å²) >= 11 is 0. The lowest BCUT2D eigenvalue weighted by atomic mass is 10.1. The van der Waals surface area contributed by atoms with Crippen LogP contribution < -0.4 is 10.6 Å². The maximum absolute atomic E-state index is 12.0. The smallest absolute Gasteiger partial charge is 0.256 e. The molecule has 2 aromatic rings. The van der Waals surface area contributed by atoms with E-state index >= 15 is 0 Å². The molecule has 0 saturated carbocycles. The molecule has 1 aromatic heterocycles. The zero-order valence-electron chi connectivity index (χ0n) is 9.97. The molecule has 4 nitrogen and oxygen atoms in total. The summed E-state index contributed by atoms with van der Waals surface area (Å²) in [6, 6.07) is 11.6. The van der Waals surface area contributed by atoms with Crippen LogP contribution in [0.5, 0.6) is 0 Å². The monoisotopic (exact) mass is 239 g/mol. The minimum absolute atomic E-state index is 0.0941. The molecule has 90 valence electrons. The Morgan fingerprint density at radius 1 is 1.17 bits per heavy atom. The Morgan fingerprint density at radius 3 is 2.89 bits per heavy atom. The molecule has 1 aliphatic heterocycles. The van der Waals surface area contributed by atoms with Crippen molar-refractivity contribution in [3.63, 3.8) is 0 Å². The molecular weight excluding hydrogens is 226 g/mol. The maximum atomic E-state index is 12.0. The van der Waals surface area contributed by atoms with Gasteiger partial charge in [-0.15, -0.1) is 0 Å². The van der Waals surface area contributed by atoms with Gasteiger partial charge in [0, 0.05) is 6.20 Å². The van der Waals surface area contributed by atoms with Crippen molar-refractivity contribution in [1.82, 2.24) is 10.3 Å². The minimum Gasteiger partial charge on any atom is -0.346 e. The topological polar surface area (TPSA) is 54.0 Å². The predicted molar refractivity (Wildman–Crippen MR) is 69.2 cm³/mol. The van der Waals surface area contributed by atoms with Crippen LogP contribution in [-0.4, -0.2) is 10.9 Å². The average Bonchev–Trinajstić information content (AvgIpc) is 2.39. The number of benzene rings is 1. The van der Waals surface area contributed by atoms with E-state index in [1.165, 1.54) is 0 Å². The number of aromatic nitrogens is 1. The van der Waals surface area contributed by atoms with Crippen molar-refractivity contribution in [1.29, 1.82) is 0 Å². The molecular formula is C14H13N3O. The van der Waals surface area contributed by atoms with Crippen molar-refractivity contribution >= 4 is 11.7 Å². The normalized spacial score (nSPS) is 17.6. The van der Waals surface area contributed by atoms with E-state index < -0.39 is 0 Å². The molecule has 0 radical (unpaired) electrons. The molecule has 0 aliphatic carbocycles. The zero-order valence-corrected chi connectivity index (χ0v) is 9.97. The molecule has 0 bridgehead atoms. The van der Waals surface area contributed by atoms with E-state index in [4.69, 9.17) is 0 Å². The van der Waals surface area contributed by atoms with Gasteiger partial charge in [-0.25, -0.2) is 4.98 Å². The van der Waals surface area contributed by atoms with Crippen LogP contribution in [0.25, 0.3) is 0 Å². The molecule has 1 unspecified atom stereocenters. The number of hydrogen-bond acceptors (Lipinski definition) is 3. The fraction of sp³-hybridized carbons (Fsp3) is 0.143. The van der Waals surface area contributed by atoms with Gasteiger partial charge >= 0.3 is 0 Å². The summed E-state index contributed by atoms with van der Waals surface area (Å²) < 4.78 is 0. The van der Waals surface area contributed by atoms with E-state index in [0.717, 1.165) is 11.1 Å². The molecule has 18 heavy (non-hydrogen) atoms. The van der Waals surface area contributed by atoms with Crippen LogP contribution in [0.4, 0.5) is 5.82 Å². The highest BCUT2D eigenvalue weighted by atomic mass is 16.2. The largest absolute Gasteiger partial charge is 0.346 e. The molecule has 1 atom stereocenters. The van der Waals surface area contributed by atoms with Crippen molar-refractivity contribution in [3.05, 3.63) is 59.3 Å². The molecule has 1 aliphatic rings. The Hall–Kier alpha value is -2.36. The van der Waals surface area contributed by atoms with Crippen LogP contribution in [0.3, 0.4) is 0 Å². The Bertz CT molecular complexity index is 609. The van der Waals surface area contributed by atoms with E-state index in [1.807, 2.05) is 31.2 Å². The molecule has 0 fully saturated rings. The van der Waals surface area contributed by atoms with Gasteiger partial charge in [-0.05, 0) is 24.6 Å². The quantitative estimate of drug-likeness (QED) is 0.802. The van der Waals surface area contributed by atoms with Gasteiger partial charge in [-0.2, -0.15) is 0 Å². The first-order chi connectivity index (χ1) is 8.74. The van der Waals surface area contributed by atoms with E-state index in [0.29, 0.717) is 11.4 Å². The molecule has 1 amide bonds. The highest BCUT2D eigenvalue weighted by molar-refractivity contribution is 6.00. The highest BCUT2D eigenvalue weighted by Crippen LogP contribution is 2.24. The van der Waals surface area contributed by atoms with Gasteiger partial charge in [0.15, 0.2) is 0 Å². The lowest BCUT2D eigenvalue weighted by Crippen LogP contribution is -2.38. The van der Waals surface area contributed by atoms with Gasteiger partial charge in [0.2, 0.25) is 0 Å². The van der Waals surface area contributed by atoms with Crippen LogP contribution in [0.2, 0.25) is 0 Å². The number of aryl methyl sites for hydroxylation is 1. The number of carbonyl (C=O) groups is 1. The van der Waals surface area contributed by atoms with Gasteiger partial charge in [-0.3, -0.25) is 4.79 Å². The van der Waals surface area contributed by atoms with Crippen LogP contribution in [0.15, 0.2) is 42.6 Å². The van der Waals surface area contributed by atoms with Gasteiger partial charge in [-0.1, -0.05) is 29.8 Å². The lowest BCUT2D eigenvalue weighted by molar-refractivity contribution is 0.0935. The maximum Gasteiger partial charge on any atom is 0.256 e. The van der Waals surface area contributed by atoms with Crippen LogP contribution in [-0.2, 0) is 0 Å². The fourth-order valence-corrected chi connectivity index (χ4v) is 2.10. The van der Waals surface area contributed by atoms with Gasteiger partial charge < -0.3 is 10.6 Å². The Labute approximate surface area is 105 Å². The van der Waals surface area contributed by atoms with Gasteiger partial charge in [0.25, 0.3) is 5.91 Å². The molecule has 0 spiro atoms. The van der Waals surface area contributed by atoms with Crippen molar-refractivity contribution in [2.24, 2.45) is 0 Å². The summed E-state index contributed by atoms with van der Waals surface area (Å²) in [7, 11) is 0. The number of anilines is 1. The number of fused-ring (bicyclic) bond motifs is 1. The SMILES string of the molecule is Cc1cccc(C2NC(=O)c3cccnc3N2)c1. The number of rotatable bonds is 1. The standard InChI is InChI=1S/C14H13N3O/c1-9-4-2-5-10(8-9)12-16-13-11(14(18)17-12)6-3-7-15-13/h2-8,12H,1H3,(H,15,16)(H,17,18). The van der Waals surface area contributed by atoms with Crippen LogP contribution in [0.1, 0.15) is 27.7 Å². The van der Waals surface area contributed by atoms with E-state index in [1.54, 1.807) is 18.3 Å². The van der Waals surface area contributed by atoms with Gasteiger partial charge in [0.1, 0.15) is 12.0 Å².